The van der Waals surface area contributed by atoms with Gasteiger partial charge in [0, 0.05) is 30.6 Å². The molecule has 2 aromatic rings. The Labute approximate surface area is 135 Å². The molecule has 122 valence electrons. The number of benzene rings is 1. The molecule has 1 N–H and O–H groups in total. The third-order valence-electron chi connectivity index (χ3n) is 4.92. The molecule has 1 aromatic carbocycles. The van der Waals surface area contributed by atoms with Gasteiger partial charge in [-0.25, -0.2) is 0 Å². The molecule has 1 aliphatic carbocycles. The van der Waals surface area contributed by atoms with Gasteiger partial charge in [0.2, 0.25) is 0 Å². The van der Waals surface area contributed by atoms with Gasteiger partial charge in [-0.05, 0) is 44.4 Å². The highest BCUT2D eigenvalue weighted by Gasteiger charge is 2.35. The summed E-state index contributed by atoms with van der Waals surface area (Å²) in [5, 5.41) is 4.00. The summed E-state index contributed by atoms with van der Waals surface area (Å²) in [6.45, 7) is 3.90. The van der Waals surface area contributed by atoms with Crippen molar-refractivity contribution < 1.29 is 13.9 Å². The van der Waals surface area contributed by atoms with Crippen LogP contribution in [0.4, 0.5) is 0 Å². The summed E-state index contributed by atoms with van der Waals surface area (Å²) < 4.78 is 11.0. The maximum atomic E-state index is 12.8. The first kappa shape index (κ1) is 14.6. The number of fused-ring (bicyclic) bond motifs is 1. The fourth-order valence-electron chi connectivity index (χ4n) is 3.54. The lowest BCUT2D eigenvalue weighted by molar-refractivity contribution is 0.0937. The molecule has 1 aliphatic heterocycles. The Kier molecular flexibility index (Phi) is 3.53. The lowest BCUT2D eigenvalue weighted by Gasteiger charge is -2.15. The standard InChI is InChI=1S/C18H22N2O3/c1-11-17(15-9-14(22-2)5-6-16(15)23-11)18(21)19-12-7-8-20(10-12)13-3-4-13/h5-6,9,12-13H,3-4,7-8,10H2,1-2H3,(H,19,21). The summed E-state index contributed by atoms with van der Waals surface area (Å²) in [5.41, 5.74) is 1.35. The number of ether oxygens (including phenoxy) is 1. The van der Waals surface area contributed by atoms with Crippen molar-refractivity contribution in [1.82, 2.24) is 10.2 Å². The third kappa shape index (κ3) is 2.70. The van der Waals surface area contributed by atoms with Gasteiger partial charge < -0.3 is 14.5 Å². The topological polar surface area (TPSA) is 54.7 Å². The molecule has 5 heteroatoms. The predicted octanol–water partition coefficient (Wildman–Crippen LogP) is 2.72. The van der Waals surface area contributed by atoms with Crippen LogP contribution in [0.15, 0.2) is 22.6 Å². The summed E-state index contributed by atoms with van der Waals surface area (Å²) in [4.78, 5) is 15.3. The van der Waals surface area contributed by atoms with E-state index in [4.69, 9.17) is 9.15 Å². The van der Waals surface area contributed by atoms with E-state index in [1.165, 1.54) is 12.8 Å². The van der Waals surface area contributed by atoms with Gasteiger partial charge in [0.05, 0.1) is 12.7 Å². The number of furan rings is 1. The normalized spacial score (nSPS) is 21.7. The van der Waals surface area contributed by atoms with Crippen molar-refractivity contribution in [1.29, 1.82) is 0 Å². The van der Waals surface area contributed by atoms with Crippen LogP contribution in [-0.4, -0.2) is 43.1 Å². The van der Waals surface area contributed by atoms with Crippen LogP contribution >= 0.6 is 0 Å². The number of carbonyl (C=O) groups is 1. The number of carbonyl (C=O) groups excluding carboxylic acids is 1. The molecule has 1 saturated heterocycles. The second-order valence-electron chi connectivity index (χ2n) is 6.58. The number of rotatable bonds is 4. The Hall–Kier alpha value is -2.01. The van der Waals surface area contributed by atoms with Crippen molar-refractivity contribution in [2.24, 2.45) is 0 Å². The maximum absolute atomic E-state index is 12.8. The Morgan fingerprint density at radius 2 is 2.17 bits per heavy atom. The maximum Gasteiger partial charge on any atom is 0.255 e. The van der Waals surface area contributed by atoms with Crippen LogP contribution in [-0.2, 0) is 0 Å². The van der Waals surface area contributed by atoms with E-state index in [2.05, 4.69) is 10.2 Å². The number of hydrogen-bond acceptors (Lipinski definition) is 4. The zero-order chi connectivity index (χ0) is 16.0. The fourth-order valence-corrected chi connectivity index (χ4v) is 3.54. The molecule has 2 fully saturated rings. The molecule has 1 aromatic heterocycles. The summed E-state index contributed by atoms with van der Waals surface area (Å²) >= 11 is 0. The van der Waals surface area contributed by atoms with E-state index >= 15 is 0 Å². The highest BCUT2D eigenvalue weighted by atomic mass is 16.5. The van der Waals surface area contributed by atoms with Gasteiger partial charge in [0.25, 0.3) is 5.91 Å². The molecule has 0 spiro atoms. The van der Waals surface area contributed by atoms with Crippen molar-refractivity contribution in [3.63, 3.8) is 0 Å². The Morgan fingerprint density at radius 3 is 2.91 bits per heavy atom. The molecule has 1 saturated carbocycles. The van der Waals surface area contributed by atoms with Crippen LogP contribution in [0.25, 0.3) is 11.0 Å². The minimum atomic E-state index is -0.0443. The number of amides is 1. The average molecular weight is 314 g/mol. The molecule has 1 atom stereocenters. The zero-order valence-corrected chi connectivity index (χ0v) is 13.6. The molecule has 1 amide bonds. The van der Waals surface area contributed by atoms with Crippen LogP contribution in [0.2, 0.25) is 0 Å². The van der Waals surface area contributed by atoms with Crippen LogP contribution in [0, 0.1) is 6.92 Å². The lowest BCUT2D eigenvalue weighted by atomic mass is 10.1. The largest absolute Gasteiger partial charge is 0.497 e. The van der Waals surface area contributed by atoms with Gasteiger partial charge >= 0.3 is 0 Å². The molecule has 2 heterocycles. The Balaban J connectivity index is 1.55. The highest BCUT2D eigenvalue weighted by molar-refractivity contribution is 6.07. The van der Waals surface area contributed by atoms with E-state index in [0.29, 0.717) is 11.3 Å². The van der Waals surface area contributed by atoms with E-state index in [9.17, 15) is 4.79 Å². The average Bonchev–Trinajstić information content (AvgIpc) is 3.19. The van der Waals surface area contributed by atoms with E-state index in [0.717, 1.165) is 42.3 Å². The van der Waals surface area contributed by atoms with Gasteiger partial charge in [0.15, 0.2) is 0 Å². The van der Waals surface area contributed by atoms with Crippen LogP contribution in [0.3, 0.4) is 0 Å². The van der Waals surface area contributed by atoms with Crippen molar-refractivity contribution >= 4 is 16.9 Å². The first-order valence-corrected chi connectivity index (χ1v) is 8.28. The van der Waals surface area contributed by atoms with Crippen molar-refractivity contribution in [3.05, 3.63) is 29.5 Å². The Morgan fingerprint density at radius 1 is 1.35 bits per heavy atom. The quantitative estimate of drug-likeness (QED) is 0.943. The number of nitrogens with one attached hydrogen (secondary N) is 1. The predicted molar refractivity (Wildman–Crippen MR) is 88.0 cm³/mol. The number of likely N-dealkylation sites (tertiary alicyclic amines) is 1. The van der Waals surface area contributed by atoms with E-state index in [1.54, 1.807) is 7.11 Å². The number of nitrogens with zero attached hydrogens (tertiary/aromatic N) is 1. The first-order valence-electron chi connectivity index (χ1n) is 8.28. The molecule has 5 nitrogen and oxygen atoms in total. The second kappa shape index (κ2) is 5.57. The molecule has 2 aliphatic rings. The van der Waals surface area contributed by atoms with Crippen molar-refractivity contribution in [2.75, 3.05) is 20.2 Å². The molecule has 1 unspecified atom stereocenters. The minimum absolute atomic E-state index is 0.0443. The van der Waals surface area contributed by atoms with Gasteiger partial charge in [-0.1, -0.05) is 0 Å². The van der Waals surface area contributed by atoms with Crippen molar-refractivity contribution in [3.8, 4) is 5.75 Å². The van der Waals surface area contributed by atoms with Gasteiger partial charge in [-0.15, -0.1) is 0 Å². The Bertz CT molecular complexity index is 748. The smallest absolute Gasteiger partial charge is 0.255 e. The van der Waals surface area contributed by atoms with E-state index in [-0.39, 0.29) is 11.9 Å². The van der Waals surface area contributed by atoms with Crippen LogP contribution in [0.1, 0.15) is 35.4 Å². The van der Waals surface area contributed by atoms with E-state index in [1.807, 2.05) is 25.1 Å². The SMILES string of the molecule is COc1ccc2oc(C)c(C(=O)NC3CCN(C4CC4)C3)c2c1. The van der Waals surface area contributed by atoms with Crippen LogP contribution < -0.4 is 10.1 Å². The fraction of sp³-hybridized carbons (Fsp3) is 0.500. The number of hydrogen-bond donors (Lipinski definition) is 1. The first-order chi connectivity index (χ1) is 11.2. The molecular formula is C18H22N2O3. The molecule has 0 radical (unpaired) electrons. The summed E-state index contributed by atoms with van der Waals surface area (Å²) in [6.07, 6.45) is 3.65. The monoisotopic (exact) mass is 314 g/mol. The van der Waals surface area contributed by atoms with E-state index < -0.39 is 0 Å². The van der Waals surface area contributed by atoms with Gasteiger partial charge in [-0.3, -0.25) is 9.69 Å². The molecule has 4 rings (SSSR count). The molecule has 0 bridgehead atoms. The number of aryl methyl sites for hydroxylation is 1. The lowest BCUT2D eigenvalue weighted by Crippen LogP contribution is -2.37. The third-order valence-corrected chi connectivity index (χ3v) is 4.92. The van der Waals surface area contributed by atoms with Crippen molar-refractivity contribution in [2.45, 2.75) is 38.3 Å². The summed E-state index contributed by atoms with van der Waals surface area (Å²) in [7, 11) is 1.62. The molecular weight excluding hydrogens is 292 g/mol. The van der Waals surface area contributed by atoms with Gasteiger partial charge in [-0.2, -0.15) is 0 Å². The highest BCUT2D eigenvalue weighted by Crippen LogP contribution is 2.31. The summed E-state index contributed by atoms with van der Waals surface area (Å²) in [6, 6.07) is 6.56. The summed E-state index contributed by atoms with van der Waals surface area (Å²) in [5.74, 6) is 1.34. The zero-order valence-electron chi connectivity index (χ0n) is 13.6. The number of methoxy groups -OCH3 is 1. The van der Waals surface area contributed by atoms with Crippen LogP contribution in [0.5, 0.6) is 5.75 Å². The molecule has 23 heavy (non-hydrogen) atoms. The minimum Gasteiger partial charge on any atom is -0.497 e. The van der Waals surface area contributed by atoms with Gasteiger partial charge in [0.1, 0.15) is 17.1 Å². The second-order valence-corrected chi connectivity index (χ2v) is 6.58.